The summed E-state index contributed by atoms with van der Waals surface area (Å²) >= 11 is 0. The topological polar surface area (TPSA) is 192 Å². The summed E-state index contributed by atoms with van der Waals surface area (Å²) in [7, 11) is 0. The van der Waals surface area contributed by atoms with Gasteiger partial charge in [-0.3, -0.25) is 24.0 Å². The number of unbranched alkanes of at least 4 members (excludes halogenated alkanes) is 2. The SMILES string of the molecule is CC(=O)C(CCCCNC(=O)OC(C)(C)C)CC(=O)OCc1ccccc1.CC(=O)C(Cc1ccccc1)NC(=O)C(CCCCNC(=O)OC(C)(C)C)CC(=O)OCc1ccccc1. The standard InChI is InChI=1S/C30H40N2O6.C21H31NO5/c1-22(33)26(19-23-13-7-5-8-14-23)32-28(35)25(17-11-12-18-31-29(36)38-30(2,3)4)20-27(34)37-21-24-15-9-6-10-16-24;1-16(23)18(12-8-9-13-22-20(25)27-21(2,3)4)14-19(24)26-15-17-10-6-5-7-11-17/h5-10,13-16,25-26H,11-12,17-21H2,1-4H3,(H,31,36)(H,32,35);5-7,10-11,18H,8-9,12-15H2,1-4H3,(H,22,25). The Bertz CT molecular complexity index is 1910. The van der Waals surface area contributed by atoms with Crippen molar-refractivity contribution in [1.29, 1.82) is 0 Å². The van der Waals surface area contributed by atoms with Crippen LogP contribution in [0.4, 0.5) is 9.59 Å². The lowest BCUT2D eigenvalue weighted by Gasteiger charge is -2.21. The van der Waals surface area contributed by atoms with E-state index in [-0.39, 0.29) is 55.4 Å². The summed E-state index contributed by atoms with van der Waals surface area (Å²) in [5.41, 5.74) is 1.60. The second-order valence-corrected chi connectivity index (χ2v) is 17.9. The Morgan fingerprint density at radius 2 is 0.892 bits per heavy atom. The second-order valence-electron chi connectivity index (χ2n) is 17.9. The zero-order valence-electron chi connectivity index (χ0n) is 39.6. The van der Waals surface area contributed by atoms with Gasteiger partial charge in [-0.15, -0.1) is 0 Å². The van der Waals surface area contributed by atoms with Crippen LogP contribution < -0.4 is 16.0 Å². The number of carbonyl (C=O) groups excluding carboxylic acids is 7. The molecule has 0 bridgehead atoms. The molecule has 0 heterocycles. The smallest absolute Gasteiger partial charge is 0.407 e. The Morgan fingerprint density at radius 1 is 0.508 bits per heavy atom. The van der Waals surface area contributed by atoms with Gasteiger partial charge in [-0.25, -0.2) is 9.59 Å². The fraction of sp³-hybridized carbons (Fsp3) is 0.510. The number of rotatable bonds is 24. The van der Waals surface area contributed by atoms with E-state index in [1.165, 1.54) is 13.8 Å². The third-order valence-corrected chi connectivity index (χ3v) is 9.64. The van der Waals surface area contributed by atoms with Gasteiger partial charge in [-0.1, -0.05) is 104 Å². The lowest BCUT2D eigenvalue weighted by molar-refractivity contribution is -0.148. The third kappa shape index (κ3) is 27.0. The number of nitrogens with one attached hydrogen (secondary N) is 3. The molecule has 0 fully saturated rings. The van der Waals surface area contributed by atoms with Crippen molar-refractivity contribution in [2.75, 3.05) is 13.1 Å². The molecule has 0 aliphatic rings. The lowest BCUT2D eigenvalue weighted by Crippen LogP contribution is -2.44. The predicted molar refractivity (Wildman–Crippen MR) is 248 cm³/mol. The van der Waals surface area contributed by atoms with E-state index in [0.717, 1.165) is 23.1 Å². The second kappa shape index (κ2) is 29.4. The molecule has 0 aliphatic heterocycles. The highest BCUT2D eigenvalue weighted by atomic mass is 16.6. The third-order valence-electron chi connectivity index (χ3n) is 9.64. The van der Waals surface area contributed by atoms with E-state index >= 15 is 0 Å². The number of hydrogen-bond acceptors (Lipinski definition) is 11. The summed E-state index contributed by atoms with van der Waals surface area (Å²) in [6.07, 6.45) is 3.02. The van der Waals surface area contributed by atoms with Crippen molar-refractivity contribution >= 4 is 41.6 Å². The number of ketones is 2. The van der Waals surface area contributed by atoms with E-state index in [0.29, 0.717) is 51.6 Å². The minimum atomic E-state index is -0.693. The maximum Gasteiger partial charge on any atom is 0.407 e. The molecular weight excluding hydrogens is 831 g/mol. The first-order chi connectivity index (χ1) is 30.7. The predicted octanol–water partition coefficient (Wildman–Crippen LogP) is 8.77. The molecule has 3 rings (SSSR count). The van der Waals surface area contributed by atoms with E-state index in [4.69, 9.17) is 18.9 Å². The molecule has 0 aliphatic carbocycles. The average Bonchev–Trinajstić information content (AvgIpc) is 3.23. The maximum absolute atomic E-state index is 13.2. The highest BCUT2D eigenvalue weighted by Gasteiger charge is 2.27. The molecule has 3 aromatic carbocycles. The highest BCUT2D eigenvalue weighted by molar-refractivity contribution is 5.90. The largest absolute Gasteiger partial charge is 0.461 e. The van der Waals surface area contributed by atoms with Crippen LogP contribution in [0.15, 0.2) is 91.0 Å². The van der Waals surface area contributed by atoms with Crippen molar-refractivity contribution in [2.24, 2.45) is 11.8 Å². The fourth-order valence-corrected chi connectivity index (χ4v) is 6.25. The average molecular weight is 902 g/mol. The van der Waals surface area contributed by atoms with Crippen LogP contribution in [0.2, 0.25) is 0 Å². The van der Waals surface area contributed by atoms with Crippen LogP contribution in [0.1, 0.15) is 123 Å². The van der Waals surface area contributed by atoms with Gasteiger partial charge in [0.25, 0.3) is 0 Å². The molecule has 3 unspecified atom stereocenters. The first-order valence-electron chi connectivity index (χ1n) is 22.4. The van der Waals surface area contributed by atoms with E-state index in [2.05, 4.69) is 16.0 Å². The van der Waals surface area contributed by atoms with Gasteiger partial charge in [0.05, 0.1) is 18.9 Å². The van der Waals surface area contributed by atoms with Gasteiger partial charge >= 0.3 is 24.1 Å². The molecule has 0 spiro atoms. The summed E-state index contributed by atoms with van der Waals surface area (Å²) in [4.78, 5) is 85.3. The molecule has 14 nitrogen and oxygen atoms in total. The highest BCUT2D eigenvalue weighted by Crippen LogP contribution is 2.18. The molecule has 0 aromatic heterocycles. The number of ether oxygens (including phenoxy) is 4. The van der Waals surface area contributed by atoms with Gasteiger partial charge in [0, 0.05) is 24.9 Å². The molecular formula is C51H71N3O11. The Labute approximate surface area is 385 Å². The zero-order valence-corrected chi connectivity index (χ0v) is 39.6. The van der Waals surface area contributed by atoms with E-state index < -0.39 is 41.3 Å². The molecule has 0 saturated heterocycles. The molecule has 3 aromatic rings. The van der Waals surface area contributed by atoms with E-state index in [1.54, 1.807) is 41.5 Å². The summed E-state index contributed by atoms with van der Waals surface area (Å²) < 4.78 is 21.0. The van der Waals surface area contributed by atoms with Crippen LogP contribution in [0.3, 0.4) is 0 Å². The molecule has 3 amide bonds. The molecule has 3 atom stereocenters. The van der Waals surface area contributed by atoms with Crippen molar-refractivity contribution in [3.63, 3.8) is 0 Å². The lowest BCUT2D eigenvalue weighted by atomic mass is 9.95. The first kappa shape index (κ1) is 55.1. The van der Waals surface area contributed by atoms with Gasteiger partial charge in [0.1, 0.15) is 30.2 Å². The van der Waals surface area contributed by atoms with Crippen LogP contribution in [-0.4, -0.2) is 71.9 Å². The Kier molecular flexibility index (Phi) is 24.9. The van der Waals surface area contributed by atoms with Crippen molar-refractivity contribution in [3.8, 4) is 0 Å². The molecule has 65 heavy (non-hydrogen) atoms. The van der Waals surface area contributed by atoms with E-state index in [9.17, 15) is 33.6 Å². The van der Waals surface area contributed by atoms with Gasteiger partial charge in [-0.2, -0.15) is 0 Å². The summed E-state index contributed by atoms with van der Waals surface area (Å²) in [5, 5.41) is 8.22. The summed E-state index contributed by atoms with van der Waals surface area (Å²) in [5.74, 6) is -2.42. The Hall–Kier alpha value is -6.05. The van der Waals surface area contributed by atoms with Crippen molar-refractivity contribution in [1.82, 2.24) is 16.0 Å². The van der Waals surface area contributed by atoms with Crippen LogP contribution in [0.25, 0.3) is 0 Å². The monoisotopic (exact) mass is 902 g/mol. The minimum absolute atomic E-state index is 0.0215. The Balaban J connectivity index is 0.000000474. The van der Waals surface area contributed by atoms with Crippen LogP contribution >= 0.6 is 0 Å². The number of amides is 3. The van der Waals surface area contributed by atoms with Gasteiger partial charge in [0.2, 0.25) is 5.91 Å². The number of carbonyl (C=O) groups is 7. The van der Waals surface area contributed by atoms with Gasteiger partial charge < -0.3 is 34.9 Å². The Morgan fingerprint density at radius 3 is 1.28 bits per heavy atom. The van der Waals surface area contributed by atoms with E-state index in [1.807, 2.05) is 91.0 Å². The normalized spacial score (nSPS) is 12.4. The minimum Gasteiger partial charge on any atom is -0.461 e. The number of hydrogen-bond donors (Lipinski definition) is 3. The fourth-order valence-electron chi connectivity index (χ4n) is 6.25. The zero-order chi connectivity index (χ0) is 48.3. The van der Waals surface area contributed by atoms with Crippen LogP contribution in [0.5, 0.6) is 0 Å². The molecule has 14 heteroatoms. The number of esters is 2. The quantitative estimate of drug-likeness (QED) is 0.0442. The van der Waals surface area contributed by atoms with Crippen molar-refractivity contribution in [2.45, 2.75) is 144 Å². The number of benzene rings is 3. The van der Waals surface area contributed by atoms with Gasteiger partial charge in [0.15, 0.2) is 5.78 Å². The van der Waals surface area contributed by atoms with Gasteiger partial charge in [-0.05, 0) is 104 Å². The number of Topliss-reactive ketones (excluding diaryl/α,β-unsaturated/α-hetero) is 2. The van der Waals surface area contributed by atoms with Crippen LogP contribution in [0, 0.1) is 11.8 Å². The van der Waals surface area contributed by atoms with Crippen molar-refractivity contribution in [3.05, 3.63) is 108 Å². The molecule has 0 saturated carbocycles. The first-order valence-corrected chi connectivity index (χ1v) is 22.4. The molecule has 3 N–H and O–H groups in total. The maximum atomic E-state index is 13.2. The van der Waals surface area contributed by atoms with Crippen molar-refractivity contribution < 1.29 is 52.5 Å². The number of alkyl carbamates (subject to hydrolysis) is 2. The van der Waals surface area contributed by atoms with Crippen LogP contribution in [-0.2, 0) is 62.6 Å². The summed E-state index contributed by atoms with van der Waals surface area (Å²) in [6.45, 7) is 14.9. The molecule has 356 valence electrons. The molecule has 0 radical (unpaired) electrons. The summed E-state index contributed by atoms with van der Waals surface area (Å²) in [6, 6.07) is 27.5.